The Kier molecular flexibility index (Phi) is 5.92. The number of carbonyl (C=O) groups excluding carboxylic acids is 1. The maximum absolute atomic E-state index is 13.1. The van der Waals surface area contributed by atoms with Gasteiger partial charge in [0.15, 0.2) is 0 Å². The lowest BCUT2D eigenvalue weighted by molar-refractivity contribution is 0.0941. The van der Waals surface area contributed by atoms with Crippen molar-refractivity contribution in [2.45, 2.75) is 25.6 Å². The number of nitrogens with one attached hydrogen (secondary N) is 2. The number of nitrogens with zero attached hydrogens (tertiary/aromatic N) is 2. The van der Waals surface area contributed by atoms with Crippen LogP contribution >= 0.6 is 0 Å². The maximum atomic E-state index is 13.1. The van der Waals surface area contributed by atoms with Crippen LogP contribution in [0.3, 0.4) is 0 Å². The third kappa shape index (κ3) is 4.26. The molecule has 8 heteroatoms. The molecular weight excluding hydrogens is 399 g/mol. The van der Waals surface area contributed by atoms with Crippen molar-refractivity contribution in [3.05, 3.63) is 98.5 Å². The van der Waals surface area contributed by atoms with Gasteiger partial charge >= 0.3 is 0 Å². The molecule has 1 amide bonds. The molecule has 0 saturated heterocycles. The van der Waals surface area contributed by atoms with Gasteiger partial charge in [-0.3, -0.25) is 14.5 Å². The molecule has 2 aromatic carbocycles. The van der Waals surface area contributed by atoms with Crippen LogP contribution in [0.1, 0.15) is 44.6 Å². The van der Waals surface area contributed by atoms with Crippen LogP contribution in [0.5, 0.6) is 0 Å². The summed E-state index contributed by atoms with van der Waals surface area (Å²) in [6.45, 7) is 0.304. The van der Waals surface area contributed by atoms with Gasteiger partial charge in [-0.1, -0.05) is 36.4 Å². The molecule has 31 heavy (non-hydrogen) atoms. The topological polar surface area (TPSA) is 98.3 Å². The monoisotopic (exact) mass is 422 g/mol. The average molecular weight is 422 g/mol. The number of amides is 1. The van der Waals surface area contributed by atoms with Gasteiger partial charge in [0.2, 0.25) is 0 Å². The van der Waals surface area contributed by atoms with Crippen LogP contribution in [0.2, 0.25) is 0 Å². The molecular formula is C23H23FN4O3. The lowest BCUT2D eigenvalue weighted by Gasteiger charge is -2.34. The Bertz CT molecular complexity index is 1160. The highest BCUT2D eigenvalue weighted by atomic mass is 19.1. The first-order chi connectivity index (χ1) is 15.0. The van der Waals surface area contributed by atoms with E-state index < -0.39 is 18.1 Å². The minimum Gasteiger partial charge on any atom is -0.391 e. The zero-order valence-electron chi connectivity index (χ0n) is 17.1. The Labute approximate surface area is 178 Å². The van der Waals surface area contributed by atoms with Gasteiger partial charge in [-0.05, 0) is 42.3 Å². The number of likely N-dealkylation sites (N-methyl/N-ethyl adjacent to an activating group) is 1. The molecule has 0 fully saturated rings. The molecule has 3 aromatic rings. The van der Waals surface area contributed by atoms with E-state index in [0.717, 1.165) is 18.5 Å². The van der Waals surface area contributed by atoms with E-state index in [4.69, 9.17) is 0 Å². The van der Waals surface area contributed by atoms with Crippen molar-refractivity contribution in [2.24, 2.45) is 0 Å². The summed E-state index contributed by atoms with van der Waals surface area (Å²) in [7, 11) is 1.94. The van der Waals surface area contributed by atoms with Gasteiger partial charge in [0.25, 0.3) is 11.5 Å². The molecule has 0 saturated carbocycles. The Hall–Kier alpha value is -3.36. The minimum atomic E-state index is -0.612. The molecule has 2 heterocycles. The maximum Gasteiger partial charge on any atom is 0.270 e. The third-order valence-corrected chi connectivity index (χ3v) is 5.56. The first-order valence-electron chi connectivity index (χ1n) is 10.0. The van der Waals surface area contributed by atoms with Crippen LogP contribution in [0, 0.1) is 5.82 Å². The number of rotatable bonds is 5. The third-order valence-electron chi connectivity index (χ3n) is 5.56. The Morgan fingerprint density at radius 2 is 2.00 bits per heavy atom. The summed E-state index contributed by atoms with van der Waals surface area (Å²) in [6.07, 6.45) is 0.882. The van der Waals surface area contributed by atoms with Gasteiger partial charge in [-0.15, -0.1) is 0 Å². The number of carbonyl (C=O) groups is 1. The Morgan fingerprint density at radius 3 is 2.74 bits per heavy atom. The number of hydrogen-bond acceptors (Lipinski definition) is 5. The van der Waals surface area contributed by atoms with Gasteiger partial charge in [0.1, 0.15) is 17.3 Å². The van der Waals surface area contributed by atoms with E-state index >= 15 is 0 Å². The first-order valence-corrected chi connectivity index (χ1v) is 10.0. The van der Waals surface area contributed by atoms with Crippen molar-refractivity contribution < 1.29 is 14.3 Å². The molecule has 1 aromatic heterocycles. The lowest BCUT2D eigenvalue weighted by Crippen LogP contribution is -2.37. The summed E-state index contributed by atoms with van der Waals surface area (Å²) in [5.74, 6) is -0.591. The number of H-pyrrole nitrogens is 1. The van der Waals surface area contributed by atoms with E-state index in [0.29, 0.717) is 11.4 Å². The van der Waals surface area contributed by atoms with Gasteiger partial charge < -0.3 is 15.4 Å². The quantitative estimate of drug-likeness (QED) is 0.584. The van der Waals surface area contributed by atoms with Crippen molar-refractivity contribution >= 4 is 5.91 Å². The number of hydrogen-bond donors (Lipinski definition) is 3. The number of aliphatic hydroxyl groups excluding tert-OH is 1. The van der Waals surface area contributed by atoms with Crippen LogP contribution in [-0.2, 0) is 19.6 Å². The van der Waals surface area contributed by atoms with E-state index in [-0.39, 0.29) is 29.7 Å². The molecule has 7 nitrogen and oxygen atoms in total. The van der Waals surface area contributed by atoms with E-state index in [1.165, 1.54) is 17.7 Å². The van der Waals surface area contributed by atoms with E-state index in [9.17, 15) is 19.1 Å². The van der Waals surface area contributed by atoms with Gasteiger partial charge in [0.05, 0.1) is 18.2 Å². The number of aliphatic hydroxyl groups is 1. The lowest BCUT2D eigenvalue weighted by atomic mass is 9.92. The normalized spacial score (nSPS) is 16.0. The second-order valence-electron chi connectivity index (χ2n) is 7.58. The summed E-state index contributed by atoms with van der Waals surface area (Å²) in [6, 6.07) is 13.4. The van der Waals surface area contributed by atoms with Crippen molar-refractivity contribution in [2.75, 3.05) is 13.6 Å². The van der Waals surface area contributed by atoms with Crippen molar-refractivity contribution in [3.63, 3.8) is 0 Å². The molecule has 1 aliphatic heterocycles. The second-order valence-corrected chi connectivity index (χ2v) is 7.58. The summed E-state index contributed by atoms with van der Waals surface area (Å²) < 4.78 is 13.1. The molecule has 4 rings (SSSR count). The summed E-state index contributed by atoms with van der Waals surface area (Å²) >= 11 is 0. The first kappa shape index (κ1) is 20.9. The van der Waals surface area contributed by atoms with Crippen LogP contribution in [-0.4, -0.2) is 39.5 Å². The van der Waals surface area contributed by atoms with E-state index in [1.54, 1.807) is 12.1 Å². The SMILES string of the molecule is CN1CCc2ccccc2C1c1nc(C(=O)NCc2ccc(F)cc2)c(CO)c(=O)[nH]1. The fourth-order valence-electron chi connectivity index (χ4n) is 3.90. The zero-order valence-corrected chi connectivity index (χ0v) is 17.1. The zero-order chi connectivity index (χ0) is 22.0. The fourth-order valence-corrected chi connectivity index (χ4v) is 3.90. The van der Waals surface area contributed by atoms with Crippen LogP contribution < -0.4 is 10.9 Å². The molecule has 0 bridgehead atoms. The number of fused-ring (bicyclic) bond motifs is 1. The van der Waals surface area contributed by atoms with Crippen LogP contribution in [0.4, 0.5) is 4.39 Å². The molecule has 1 aliphatic rings. The van der Waals surface area contributed by atoms with Gasteiger partial charge in [-0.2, -0.15) is 0 Å². The van der Waals surface area contributed by atoms with Crippen LogP contribution in [0.15, 0.2) is 53.3 Å². The Balaban J connectivity index is 1.68. The predicted octanol–water partition coefficient (Wildman–Crippen LogP) is 1.91. The second kappa shape index (κ2) is 8.79. The smallest absolute Gasteiger partial charge is 0.270 e. The largest absolute Gasteiger partial charge is 0.391 e. The summed E-state index contributed by atoms with van der Waals surface area (Å²) in [5.41, 5.74) is 2.14. The average Bonchev–Trinajstić information content (AvgIpc) is 2.78. The summed E-state index contributed by atoms with van der Waals surface area (Å²) in [5, 5.41) is 12.4. The summed E-state index contributed by atoms with van der Waals surface area (Å²) in [4.78, 5) is 34.8. The molecule has 160 valence electrons. The van der Waals surface area contributed by atoms with Crippen LogP contribution in [0.25, 0.3) is 0 Å². The minimum absolute atomic E-state index is 0.0906. The number of aromatic amines is 1. The van der Waals surface area contributed by atoms with E-state index in [1.807, 2.05) is 31.3 Å². The standard InChI is InChI=1S/C23H23FN4O3/c1-28-11-10-15-4-2-3-5-17(15)20(28)21-26-19(18(13-29)22(30)27-21)23(31)25-12-14-6-8-16(24)9-7-14/h2-9,20,29H,10-13H2,1H3,(H,25,31)(H,26,27,30). The number of aromatic nitrogens is 2. The fraction of sp³-hybridized carbons (Fsp3) is 0.261. The highest BCUT2D eigenvalue weighted by molar-refractivity contribution is 5.93. The molecule has 0 spiro atoms. The van der Waals surface area contributed by atoms with Gasteiger partial charge in [0, 0.05) is 13.1 Å². The van der Waals surface area contributed by atoms with E-state index in [2.05, 4.69) is 20.2 Å². The predicted molar refractivity (Wildman–Crippen MR) is 113 cm³/mol. The van der Waals surface area contributed by atoms with Crippen molar-refractivity contribution in [1.82, 2.24) is 20.2 Å². The molecule has 1 atom stereocenters. The highest BCUT2D eigenvalue weighted by Gasteiger charge is 2.29. The molecule has 0 aliphatic carbocycles. The Morgan fingerprint density at radius 1 is 1.26 bits per heavy atom. The van der Waals surface area contributed by atoms with Crippen molar-refractivity contribution in [3.8, 4) is 0 Å². The molecule has 0 radical (unpaired) electrons. The highest BCUT2D eigenvalue weighted by Crippen LogP contribution is 2.32. The van der Waals surface area contributed by atoms with Gasteiger partial charge in [-0.25, -0.2) is 9.37 Å². The molecule has 1 unspecified atom stereocenters. The number of benzene rings is 2. The van der Waals surface area contributed by atoms with Crippen molar-refractivity contribution in [1.29, 1.82) is 0 Å². The molecule has 3 N–H and O–H groups in total. The number of halogens is 1.